The van der Waals surface area contributed by atoms with Gasteiger partial charge in [-0.3, -0.25) is 4.79 Å². The van der Waals surface area contributed by atoms with Crippen molar-refractivity contribution in [2.75, 3.05) is 25.1 Å². The Morgan fingerprint density at radius 1 is 0.759 bits per heavy atom. The standard InChI is InChI=1S/C24H25NO4/c1-18-9-8-14-22(19(18)2)29-17-24(26)25-21-12-6-7-13-23(21)28-16-15-27-20-10-4-3-5-11-20/h3-14H,15-17H2,1-2H3,(H,25,26). The Labute approximate surface area is 171 Å². The summed E-state index contributed by atoms with van der Waals surface area (Å²) in [6.07, 6.45) is 0. The molecule has 0 bridgehead atoms. The monoisotopic (exact) mass is 391 g/mol. The summed E-state index contributed by atoms with van der Waals surface area (Å²) in [6.45, 7) is 4.68. The van der Waals surface area contributed by atoms with Crippen molar-refractivity contribution in [3.8, 4) is 17.2 Å². The average molecular weight is 391 g/mol. The zero-order valence-corrected chi connectivity index (χ0v) is 16.7. The summed E-state index contributed by atoms with van der Waals surface area (Å²) < 4.78 is 17.1. The van der Waals surface area contributed by atoms with Crippen molar-refractivity contribution in [1.29, 1.82) is 0 Å². The predicted molar refractivity (Wildman–Crippen MR) is 114 cm³/mol. The van der Waals surface area contributed by atoms with E-state index in [2.05, 4.69) is 5.32 Å². The molecule has 0 saturated heterocycles. The van der Waals surface area contributed by atoms with Crippen molar-refractivity contribution in [3.63, 3.8) is 0 Å². The fourth-order valence-corrected chi connectivity index (χ4v) is 2.73. The van der Waals surface area contributed by atoms with Crippen LogP contribution in [-0.4, -0.2) is 25.7 Å². The largest absolute Gasteiger partial charge is 0.490 e. The Bertz CT molecular complexity index is 941. The van der Waals surface area contributed by atoms with Crippen molar-refractivity contribution in [3.05, 3.63) is 83.9 Å². The lowest BCUT2D eigenvalue weighted by Gasteiger charge is -2.14. The van der Waals surface area contributed by atoms with Crippen LogP contribution in [0.3, 0.4) is 0 Å². The molecule has 29 heavy (non-hydrogen) atoms. The van der Waals surface area contributed by atoms with Crippen LogP contribution in [0.25, 0.3) is 0 Å². The number of hydrogen-bond donors (Lipinski definition) is 1. The highest BCUT2D eigenvalue weighted by Gasteiger charge is 2.10. The second-order valence-electron chi connectivity index (χ2n) is 6.54. The molecular weight excluding hydrogens is 366 g/mol. The van der Waals surface area contributed by atoms with Crippen LogP contribution in [-0.2, 0) is 4.79 Å². The molecule has 0 unspecified atom stereocenters. The van der Waals surface area contributed by atoms with Crippen LogP contribution < -0.4 is 19.5 Å². The topological polar surface area (TPSA) is 56.8 Å². The first-order chi connectivity index (χ1) is 14.1. The molecule has 0 aliphatic carbocycles. The number of rotatable bonds is 9. The van der Waals surface area contributed by atoms with Gasteiger partial charge in [-0.05, 0) is 55.3 Å². The summed E-state index contributed by atoms with van der Waals surface area (Å²) in [5.41, 5.74) is 2.75. The molecule has 1 N–H and O–H groups in total. The van der Waals surface area contributed by atoms with Gasteiger partial charge in [-0.2, -0.15) is 0 Å². The molecule has 5 heteroatoms. The fraction of sp³-hybridized carbons (Fsp3) is 0.208. The third-order valence-corrected chi connectivity index (χ3v) is 4.43. The fourth-order valence-electron chi connectivity index (χ4n) is 2.73. The highest BCUT2D eigenvalue weighted by Crippen LogP contribution is 2.24. The average Bonchev–Trinajstić information content (AvgIpc) is 2.74. The van der Waals surface area contributed by atoms with Gasteiger partial charge in [0.05, 0.1) is 5.69 Å². The zero-order valence-electron chi connectivity index (χ0n) is 16.7. The summed E-state index contributed by atoms with van der Waals surface area (Å²) in [4.78, 5) is 12.3. The maximum atomic E-state index is 12.3. The second-order valence-corrected chi connectivity index (χ2v) is 6.54. The van der Waals surface area contributed by atoms with Crippen molar-refractivity contribution >= 4 is 11.6 Å². The van der Waals surface area contributed by atoms with Crippen LogP contribution in [0.2, 0.25) is 0 Å². The smallest absolute Gasteiger partial charge is 0.262 e. The number of para-hydroxylation sites is 3. The van der Waals surface area contributed by atoms with Gasteiger partial charge in [0, 0.05) is 0 Å². The van der Waals surface area contributed by atoms with E-state index in [1.807, 2.05) is 80.6 Å². The summed E-state index contributed by atoms with van der Waals surface area (Å²) >= 11 is 0. The van der Waals surface area contributed by atoms with Crippen LogP contribution in [0.4, 0.5) is 5.69 Å². The number of nitrogens with one attached hydrogen (secondary N) is 1. The number of amides is 1. The molecule has 0 radical (unpaired) electrons. The van der Waals surface area contributed by atoms with Gasteiger partial charge in [-0.25, -0.2) is 0 Å². The van der Waals surface area contributed by atoms with E-state index in [9.17, 15) is 4.79 Å². The van der Waals surface area contributed by atoms with E-state index >= 15 is 0 Å². The van der Waals surface area contributed by atoms with E-state index in [4.69, 9.17) is 14.2 Å². The molecule has 0 atom stereocenters. The van der Waals surface area contributed by atoms with Crippen molar-refractivity contribution < 1.29 is 19.0 Å². The predicted octanol–water partition coefficient (Wildman–Crippen LogP) is 4.78. The maximum Gasteiger partial charge on any atom is 0.262 e. The summed E-state index contributed by atoms with van der Waals surface area (Å²) in [6, 6.07) is 22.6. The lowest BCUT2D eigenvalue weighted by Crippen LogP contribution is -2.21. The second kappa shape index (κ2) is 10.2. The van der Waals surface area contributed by atoms with E-state index in [0.29, 0.717) is 30.4 Å². The molecule has 0 aliphatic heterocycles. The minimum atomic E-state index is -0.248. The molecule has 5 nitrogen and oxygen atoms in total. The highest BCUT2D eigenvalue weighted by atomic mass is 16.5. The lowest BCUT2D eigenvalue weighted by molar-refractivity contribution is -0.118. The Morgan fingerprint density at radius 2 is 1.45 bits per heavy atom. The van der Waals surface area contributed by atoms with E-state index in [1.165, 1.54) is 0 Å². The Hall–Kier alpha value is -3.47. The molecule has 0 fully saturated rings. The van der Waals surface area contributed by atoms with Crippen LogP contribution in [0.5, 0.6) is 17.2 Å². The maximum absolute atomic E-state index is 12.3. The van der Waals surface area contributed by atoms with Gasteiger partial charge in [0.1, 0.15) is 30.5 Å². The molecule has 0 aliphatic rings. The third kappa shape index (κ3) is 6.01. The van der Waals surface area contributed by atoms with Gasteiger partial charge in [0.2, 0.25) is 0 Å². The number of carbonyl (C=O) groups is 1. The molecule has 1 amide bonds. The van der Waals surface area contributed by atoms with Gasteiger partial charge in [-0.15, -0.1) is 0 Å². The van der Waals surface area contributed by atoms with E-state index < -0.39 is 0 Å². The number of hydrogen-bond acceptors (Lipinski definition) is 4. The third-order valence-electron chi connectivity index (χ3n) is 4.43. The first kappa shape index (κ1) is 20.3. The van der Waals surface area contributed by atoms with Gasteiger partial charge >= 0.3 is 0 Å². The van der Waals surface area contributed by atoms with Gasteiger partial charge in [-0.1, -0.05) is 42.5 Å². The number of carbonyl (C=O) groups excluding carboxylic acids is 1. The first-order valence-corrected chi connectivity index (χ1v) is 9.52. The minimum Gasteiger partial charge on any atom is -0.490 e. The SMILES string of the molecule is Cc1cccc(OCC(=O)Nc2ccccc2OCCOc2ccccc2)c1C. The number of aryl methyl sites for hydroxylation is 1. The Balaban J connectivity index is 1.50. The first-order valence-electron chi connectivity index (χ1n) is 9.52. The number of ether oxygens (including phenoxy) is 3. The van der Waals surface area contributed by atoms with Crippen LogP contribution in [0.1, 0.15) is 11.1 Å². The number of benzene rings is 3. The van der Waals surface area contributed by atoms with Crippen LogP contribution >= 0.6 is 0 Å². The van der Waals surface area contributed by atoms with Crippen molar-refractivity contribution in [1.82, 2.24) is 0 Å². The molecule has 0 aromatic heterocycles. The normalized spacial score (nSPS) is 10.3. The summed E-state index contributed by atoms with van der Waals surface area (Å²) in [5, 5.41) is 2.84. The molecule has 3 rings (SSSR count). The molecule has 0 saturated carbocycles. The van der Waals surface area contributed by atoms with Gasteiger partial charge in [0.25, 0.3) is 5.91 Å². The van der Waals surface area contributed by atoms with Gasteiger partial charge < -0.3 is 19.5 Å². The quantitative estimate of drug-likeness (QED) is 0.534. The molecule has 150 valence electrons. The molecule has 3 aromatic carbocycles. The summed E-state index contributed by atoms with van der Waals surface area (Å²) in [7, 11) is 0. The van der Waals surface area contributed by atoms with Gasteiger partial charge in [0.15, 0.2) is 6.61 Å². The summed E-state index contributed by atoms with van der Waals surface area (Å²) in [5.74, 6) is 1.84. The lowest BCUT2D eigenvalue weighted by atomic mass is 10.1. The Kier molecular flexibility index (Phi) is 7.11. The van der Waals surface area contributed by atoms with Crippen LogP contribution in [0, 0.1) is 13.8 Å². The molecule has 0 spiro atoms. The number of anilines is 1. The molecular formula is C24H25NO4. The molecule has 0 heterocycles. The Morgan fingerprint density at radius 3 is 2.28 bits per heavy atom. The van der Waals surface area contributed by atoms with E-state index in [-0.39, 0.29) is 12.5 Å². The highest BCUT2D eigenvalue weighted by molar-refractivity contribution is 5.93. The minimum absolute atomic E-state index is 0.0737. The van der Waals surface area contributed by atoms with Crippen LogP contribution in [0.15, 0.2) is 72.8 Å². The van der Waals surface area contributed by atoms with Crippen molar-refractivity contribution in [2.24, 2.45) is 0 Å². The van der Waals surface area contributed by atoms with Crippen molar-refractivity contribution in [2.45, 2.75) is 13.8 Å². The van der Waals surface area contributed by atoms with E-state index in [1.54, 1.807) is 6.07 Å². The molecule has 3 aromatic rings. The zero-order chi connectivity index (χ0) is 20.5. The van der Waals surface area contributed by atoms with E-state index in [0.717, 1.165) is 16.9 Å².